The number of likely N-dealkylation sites (tertiary alicyclic amines) is 1. The number of carbonyl (C=O) groups excluding carboxylic acids is 1. The molecular formula is C15H17N3O. The maximum absolute atomic E-state index is 12.2. The Kier molecular flexibility index (Phi) is 3.31. The van der Waals surface area contributed by atoms with E-state index in [-0.39, 0.29) is 6.03 Å². The molecule has 1 aromatic carbocycles. The summed E-state index contributed by atoms with van der Waals surface area (Å²) in [4.78, 5) is 18.2. The first kappa shape index (κ1) is 12.0. The molecule has 4 heteroatoms. The molecule has 0 saturated carbocycles. The highest BCUT2D eigenvalue weighted by molar-refractivity contribution is 6.01. The first-order valence-corrected chi connectivity index (χ1v) is 6.73. The molecule has 1 saturated heterocycles. The lowest BCUT2D eigenvalue weighted by Gasteiger charge is -2.27. The Bertz CT molecular complexity index is 585. The van der Waals surface area contributed by atoms with Crippen LogP contribution in [0.3, 0.4) is 0 Å². The Morgan fingerprint density at radius 1 is 1.16 bits per heavy atom. The van der Waals surface area contributed by atoms with Gasteiger partial charge in [0.15, 0.2) is 0 Å². The molecule has 0 unspecified atom stereocenters. The van der Waals surface area contributed by atoms with Crippen LogP contribution in [-0.4, -0.2) is 29.0 Å². The maximum Gasteiger partial charge on any atom is 0.321 e. The van der Waals surface area contributed by atoms with E-state index in [1.807, 2.05) is 35.4 Å². The average Bonchev–Trinajstić information content (AvgIpc) is 2.48. The number of aromatic nitrogens is 1. The van der Waals surface area contributed by atoms with Gasteiger partial charge in [-0.3, -0.25) is 4.98 Å². The highest BCUT2D eigenvalue weighted by Gasteiger charge is 2.16. The number of fused-ring (bicyclic) bond motifs is 1. The van der Waals surface area contributed by atoms with Crippen molar-refractivity contribution < 1.29 is 4.79 Å². The van der Waals surface area contributed by atoms with Crippen LogP contribution in [0.5, 0.6) is 0 Å². The van der Waals surface area contributed by atoms with Gasteiger partial charge in [-0.05, 0) is 31.4 Å². The SMILES string of the molecule is O=C(Nc1cccc2cnccc12)N1CCCCC1. The summed E-state index contributed by atoms with van der Waals surface area (Å²) < 4.78 is 0. The van der Waals surface area contributed by atoms with E-state index < -0.39 is 0 Å². The van der Waals surface area contributed by atoms with Gasteiger partial charge in [-0.2, -0.15) is 0 Å². The number of hydrogen-bond acceptors (Lipinski definition) is 2. The number of hydrogen-bond donors (Lipinski definition) is 1. The van der Waals surface area contributed by atoms with E-state index >= 15 is 0 Å². The van der Waals surface area contributed by atoms with Crippen molar-refractivity contribution in [3.05, 3.63) is 36.7 Å². The monoisotopic (exact) mass is 255 g/mol. The van der Waals surface area contributed by atoms with Gasteiger partial charge in [0.1, 0.15) is 0 Å². The number of nitrogens with zero attached hydrogens (tertiary/aromatic N) is 2. The quantitative estimate of drug-likeness (QED) is 0.850. The second kappa shape index (κ2) is 5.26. The molecule has 0 spiro atoms. The second-order valence-electron chi connectivity index (χ2n) is 4.88. The second-order valence-corrected chi connectivity index (χ2v) is 4.88. The molecule has 2 aromatic rings. The van der Waals surface area contributed by atoms with E-state index in [4.69, 9.17) is 0 Å². The van der Waals surface area contributed by atoms with E-state index in [2.05, 4.69) is 10.3 Å². The van der Waals surface area contributed by atoms with Gasteiger partial charge >= 0.3 is 6.03 Å². The number of benzene rings is 1. The first-order chi connectivity index (χ1) is 9.34. The molecule has 1 fully saturated rings. The molecule has 19 heavy (non-hydrogen) atoms. The van der Waals surface area contributed by atoms with Crippen molar-refractivity contribution in [1.29, 1.82) is 0 Å². The van der Waals surface area contributed by atoms with E-state index in [9.17, 15) is 4.79 Å². The topological polar surface area (TPSA) is 45.2 Å². The summed E-state index contributed by atoms with van der Waals surface area (Å²) in [5, 5.41) is 5.08. The Morgan fingerprint density at radius 2 is 2.00 bits per heavy atom. The summed E-state index contributed by atoms with van der Waals surface area (Å²) in [5.41, 5.74) is 0.857. The number of rotatable bonds is 1. The van der Waals surface area contributed by atoms with Gasteiger partial charge < -0.3 is 10.2 Å². The van der Waals surface area contributed by atoms with Gasteiger partial charge in [0.2, 0.25) is 0 Å². The lowest BCUT2D eigenvalue weighted by Crippen LogP contribution is -2.38. The van der Waals surface area contributed by atoms with Gasteiger partial charge in [-0.25, -0.2) is 4.79 Å². The molecular weight excluding hydrogens is 238 g/mol. The largest absolute Gasteiger partial charge is 0.325 e. The normalized spacial score (nSPS) is 15.5. The maximum atomic E-state index is 12.2. The summed E-state index contributed by atoms with van der Waals surface area (Å²) >= 11 is 0. The zero-order chi connectivity index (χ0) is 13.1. The van der Waals surface area contributed by atoms with Crippen molar-refractivity contribution in [3.63, 3.8) is 0 Å². The highest BCUT2D eigenvalue weighted by atomic mass is 16.2. The molecule has 1 aliphatic heterocycles. The third kappa shape index (κ3) is 2.52. The Hall–Kier alpha value is -2.10. The van der Waals surface area contributed by atoms with Crippen LogP contribution in [0.4, 0.5) is 10.5 Å². The first-order valence-electron chi connectivity index (χ1n) is 6.73. The van der Waals surface area contributed by atoms with Gasteiger partial charge in [-0.1, -0.05) is 12.1 Å². The minimum absolute atomic E-state index is 0.00372. The zero-order valence-electron chi connectivity index (χ0n) is 10.8. The summed E-state index contributed by atoms with van der Waals surface area (Å²) in [6, 6.07) is 7.81. The van der Waals surface area contributed by atoms with Crippen LogP contribution in [0.2, 0.25) is 0 Å². The third-order valence-corrected chi connectivity index (χ3v) is 3.57. The predicted molar refractivity (Wildman–Crippen MR) is 76.2 cm³/mol. The minimum atomic E-state index is 0.00372. The fourth-order valence-corrected chi connectivity index (χ4v) is 2.52. The van der Waals surface area contributed by atoms with Crippen molar-refractivity contribution >= 4 is 22.5 Å². The van der Waals surface area contributed by atoms with Gasteiger partial charge in [0, 0.05) is 36.3 Å². The van der Waals surface area contributed by atoms with Crippen molar-refractivity contribution in [1.82, 2.24) is 9.88 Å². The fourth-order valence-electron chi connectivity index (χ4n) is 2.52. The molecule has 2 amide bonds. The van der Waals surface area contributed by atoms with Crippen molar-refractivity contribution in [3.8, 4) is 0 Å². The van der Waals surface area contributed by atoms with Crippen LogP contribution in [0.1, 0.15) is 19.3 Å². The number of carbonyl (C=O) groups is 1. The van der Waals surface area contributed by atoms with Gasteiger partial charge in [0.05, 0.1) is 5.69 Å². The summed E-state index contributed by atoms with van der Waals surface area (Å²) in [6.07, 6.45) is 6.99. The average molecular weight is 255 g/mol. The van der Waals surface area contributed by atoms with Crippen molar-refractivity contribution in [2.45, 2.75) is 19.3 Å². The van der Waals surface area contributed by atoms with Crippen LogP contribution in [0, 0.1) is 0 Å². The highest BCUT2D eigenvalue weighted by Crippen LogP contribution is 2.22. The van der Waals surface area contributed by atoms with E-state index in [1.54, 1.807) is 6.20 Å². The fraction of sp³-hybridized carbons (Fsp3) is 0.333. The van der Waals surface area contributed by atoms with E-state index in [1.165, 1.54) is 6.42 Å². The number of urea groups is 1. The van der Waals surface area contributed by atoms with E-state index in [0.29, 0.717) is 0 Å². The van der Waals surface area contributed by atoms with Gasteiger partial charge in [0.25, 0.3) is 0 Å². The molecule has 2 heterocycles. The Labute approximate surface area is 112 Å². The number of pyridine rings is 1. The number of amides is 2. The lowest BCUT2D eigenvalue weighted by molar-refractivity contribution is 0.200. The van der Waals surface area contributed by atoms with Gasteiger partial charge in [-0.15, -0.1) is 0 Å². The van der Waals surface area contributed by atoms with Crippen LogP contribution in [0.15, 0.2) is 36.7 Å². The summed E-state index contributed by atoms with van der Waals surface area (Å²) in [5.74, 6) is 0. The Balaban J connectivity index is 1.82. The molecule has 98 valence electrons. The Morgan fingerprint density at radius 3 is 2.84 bits per heavy atom. The lowest BCUT2D eigenvalue weighted by atomic mass is 10.1. The molecule has 0 radical (unpaired) electrons. The molecule has 3 rings (SSSR count). The predicted octanol–water partition coefficient (Wildman–Crippen LogP) is 3.25. The molecule has 4 nitrogen and oxygen atoms in total. The minimum Gasteiger partial charge on any atom is -0.325 e. The number of anilines is 1. The van der Waals surface area contributed by atoms with Crippen LogP contribution in [-0.2, 0) is 0 Å². The molecule has 1 aliphatic rings. The standard InChI is InChI=1S/C15H17N3O/c19-15(18-9-2-1-3-10-18)17-14-6-4-5-12-11-16-8-7-13(12)14/h4-8,11H,1-3,9-10H2,(H,17,19). The molecule has 1 aromatic heterocycles. The summed E-state index contributed by atoms with van der Waals surface area (Å²) in [7, 11) is 0. The molecule has 0 bridgehead atoms. The van der Waals surface area contributed by atoms with E-state index in [0.717, 1.165) is 42.4 Å². The van der Waals surface area contributed by atoms with Crippen LogP contribution >= 0.6 is 0 Å². The third-order valence-electron chi connectivity index (χ3n) is 3.57. The molecule has 0 atom stereocenters. The van der Waals surface area contributed by atoms with Crippen molar-refractivity contribution in [2.75, 3.05) is 18.4 Å². The van der Waals surface area contributed by atoms with Crippen LogP contribution in [0.25, 0.3) is 10.8 Å². The molecule has 1 N–H and O–H groups in total. The smallest absolute Gasteiger partial charge is 0.321 e. The zero-order valence-corrected chi connectivity index (χ0v) is 10.8. The number of nitrogens with one attached hydrogen (secondary N) is 1. The van der Waals surface area contributed by atoms with Crippen molar-refractivity contribution in [2.24, 2.45) is 0 Å². The molecule has 0 aliphatic carbocycles. The van der Waals surface area contributed by atoms with Crippen LogP contribution < -0.4 is 5.32 Å². The number of piperidine rings is 1. The summed E-state index contributed by atoms with van der Waals surface area (Å²) in [6.45, 7) is 1.72.